The zero-order valence-corrected chi connectivity index (χ0v) is 16.3. The van der Waals surface area contributed by atoms with Crippen LogP contribution in [-0.4, -0.2) is 29.5 Å². The van der Waals surface area contributed by atoms with E-state index >= 15 is 0 Å². The molecule has 0 fully saturated rings. The highest BCUT2D eigenvalue weighted by Crippen LogP contribution is 2.25. The van der Waals surface area contributed by atoms with E-state index in [0.717, 1.165) is 27.6 Å². The number of ether oxygens (including phenoxy) is 1. The van der Waals surface area contributed by atoms with E-state index < -0.39 is 17.9 Å². The summed E-state index contributed by atoms with van der Waals surface area (Å²) in [6.45, 7) is 3.38. The number of aliphatic carboxylic acids is 1. The molecule has 1 atom stereocenters. The lowest BCUT2D eigenvalue weighted by Crippen LogP contribution is -2.50. The van der Waals surface area contributed by atoms with Gasteiger partial charge >= 0.3 is 0 Å². The van der Waals surface area contributed by atoms with Crippen molar-refractivity contribution in [3.05, 3.63) is 64.3 Å². The van der Waals surface area contributed by atoms with Gasteiger partial charge in [0.2, 0.25) is 0 Å². The molecule has 0 aliphatic carbocycles. The van der Waals surface area contributed by atoms with E-state index in [2.05, 4.69) is 10.3 Å². The van der Waals surface area contributed by atoms with Crippen LogP contribution >= 0.6 is 11.6 Å². The Morgan fingerprint density at radius 2 is 1.89 bits per heavy atom. The number of carbonyl (C=O) groups is 2. The van der Waals surface area contributed by atoms with Gasteiger partial charge in [0.05, 0.1) is 12.0 Å². The Kier molecular flexibility index (Phi) is 5.90. The van der Waals surface area contributed by atoms with Gasteiger partial charge in [-0.05, 0) is 48.7 Å². The van der Waals surface area contributed by atoms with Crippen LogP contribution in [0.3, 0.4) is 0 Å². The quantitative estimate of drug-likeness (QED) is 0.637. The molecule has 7 heteroatoms. The fraction of sp³-hybridized carbons (Fsp3) is 0.238. The normalized spacial score (nSPS) is 12.0. The molecule has 0 spiro atoms. The molecule has 3 aromatic rings. The SMILES string of the molecule is Cc1cc(OCC(=O)N[C@H](Cc2c[nH]c3ccccc23)C(=O)[O-])cc(C)c1Cl. The number of H-pyrrole nitrogens is 1. The first-order valence-corrected chi connectivity index (χ1v) is 9.17. The van der Waals surface area contributed by atoms with Gasteiger partial charge in [-0.3, -0.25) is 4.79 Å². The first-order chi connectivity index (χ1) is 13.3. The van der Waals surface area contributed by atoms with Crippen LogP contribution in [0.4, 0.5) is 0 Å². The number of carboxylic acids is 1. The minimum Gasteiger partial charge on any atom is -0.548 e. The first kappa shape index (κ1) is 19.8. The van der Waals surface area contributed by atoms with Crippen LogP contribution in [0.5, 0.6) is 5.75 Å². The zero-order chi connectivity index (χ0) is 20.3. The van der Waals surface area contributed by atoms with E-state index in [1.54, 1.807) is 18.3 Å². The number of nitrogens with one attached hydrogen (secondary N) is 2. The molecule has 1 aromatic heterocycles. The number of para-hydroxylation sites is 1. The molecule has 146 valence electrons. The molecule has 3 rings (SSSR count). The second kappa shape index (κ2) is 8.35. The van der Waals surface area contributed by atoms with Crippen molar-refractivity contribution in [2.45, 2.75) is 26.3 Å². The van der Waals surface area contributed by atoms with Crippen molar-refractivity contribution in [3.63, 3.8) is 0 Å². The Morgan fingerprint density at radius 3 is 2.57 bits per heavy atom. The Hall–Kier alpha value is -2.99. The van der Waals surface area contributed by atoms with Crippen LogP contribution in [-0.2, 0) is 16.0 Å². The molecule has 0 aliphatic heterocycles. The molecule has 2 N–H and O–H groups in total. The lowest BCUT2D eigenvalue weighted by molar-refractivity contribution is -0.308. The van der Waals surface area contributed by atoms with E-state index in [1.165, 1.54) is 0 Å². The third kappa shape index (κ3) is 4.46. The standard InChI is InChI=1S/C21H21ClN2O4/c1-12-7-15(8-13(2)20(12)22)28-11-19(25)24-18(21(26)27)9-14-10-23-17-6-4-3-5-16(14)17/h3-8,10,18,23H,9,11H2,1-2H3,(H,24,25)(H,26,27)/p-1/t18-/m1/s1. The summed E-state index contributed by atoms with van der Waals surface area (Å²) in [5, 5.41) is 15.5. The molecule has 0 saturated carbocycles. The minimum atomic E-state index is -1.35. The van der Waals surface area contributed by atoms with E-state index in [9.17, 15) is 14.7 Å². The number of hydrogen-bond acceptors (Lipinski definition) is 4. The summed E-state index contributed by atoms with van der Waals surface area (Å²) in [7, 11) is 0. The maximum Gasteiger partial charge on any atom is 0.258 e. The number of aromatic nitrogens is 1. The fourth-order valence-corrected chi connectivity index (χ4v) is 3.20. The van der Waals surface area contributed by atoms with Gasteiger partial charge in [0.15, 0.2) is 6.61 Å². The molecular formula is C21H20ClN2O4-. The van der Waals surface area contributed by atoms with Gasteiger partial charge in [-0.1, -0.05) is 29.8 Å². The number of amides is 1. The molecule has 6 nitrogen and oxygen atoms in total. The lowest BCUT2D eigenvalue weighted by atomic mass is 10.1. The van der Waals surface area contributed by atoms with Crippen molar-refractivity contribution >= 4 is 34.4 Å². The molecule has 0 unspecified atom stereocenters. The van der Waals surface area contributed by atoms with Crippen molar-refractivity contribution in [1.82, 2.24) is 10.3 Å². The summed E-state index contributed by atoms with van der Waals surface area (Å²) in [5.41, 5.74) is 3.36. The fourth-order valence-electron chi connectivity index (χ4n) is 3.09. The topological polar surface area (TPSA) is 94.2 Å². The number of carbonyl (C=O) groups excluding carboxylic acids is 2. The van der Waals surface area contributed by atoms with Gasteiger partial charge in [0.25, 0.3) is 5.91 Å². The molecule has 0 bridgehead atoms. The minimum absolute atomic E-state index is 0.108. The third-order valence-electron chi connectivity index (χ3n) is 4.50. The highest BCUT2D eigenvalue weighted by molar-refractivity contribution is 6.32. The predicted molar refractivity (Wildman–Crippen MR) is 105 cm³/mol. The van der Waals surface area contributed by atoms with E-state index in [1.807, 2.05) is 38.1 Å². The number of rotatable bonds is 7. The summed E-state index contributed by atoms with van der Waals surface area (Å²) in [5.74, 6) is -1.40. The Balaban J connectivity index is 1.64. The van der Waals surface area contributed by atoms with Gasteiger partial charge in [0, 0.05) is 28.5 Å². The van der Waals surface area contributed by atoms with Gasteiger partial charge in [0.1, 0.15) is 5.75 Å². The summed E-state index contributed by atoms with van der Waals surface area (Å²) in [6, 6.07) is 9.84. The van der Waals surface area contributed by atoms with E-state index in [-0.39, 0.29) is 13.0 Å². The highest BCUT2D eigenvalue weighted by Gasteiger charge is 2.17. The van der Waals surface area contributed by atoms with Crippen LogP contribution in [0.2, 0.25) is 5.02 Å². The molecule has 2 aromatic carbocycles. The van der Waals surface area contributed by atoms with Crippen LogP contribution in [0, 0.1) is 13.8 Å². The van der Waals surface area contributed by atoms with Crippen molar-refractivity contribution < 1.29 is 19.4 Å². The number of benzene rings is 2. The second-order valence-electron chi connectivity index (χ2n) is 6.66. The van der Waals surface area contributed by atoms with Crippen LogP contribution < -0.4 is 15.2 Å². The highest BCUT2D eigenvalue weighted by atomic mass is 35.5. The Labute approximate surface area is 167 Å². The summed E-state index contributed by atoms with van der Waals surface area (Å²) >= 11 is 6.12. The Bertz CT molecular complexity index is 1010. The predicted octanol–water partition coefficient (Wildman–Crippen LogP) is 2.29. The number of carboxylic acid groups (broad SMARTS) is 1. The largest absolute Gasteiger partial charge is 0.548 e. The first-order valence-electron chi connectivity index (χ1n) is 8.80. The molecule has 1 amide bonds. The second-order valence-corrected chi connectivity index (χ2v) is 7.04. The summed E-state index contributed by atoms with van der Waals surface area (Å²) < 4.78 is 5.48. The van der Waals surface area contributed by atoms with Crippen LogP contribution in [0.1, 0.15) is 16.7 Å². The van der Waals surface area contributed by atoms with Crippen molar-refractivity contribution in [3.8, 4) is 5.75 Å². The van der Waals surface area contributed by atoms with Crippen LogP contribution in [0.15, 0.2) is 42.6 Å². The third-order valence-corrected chi connectivity index (χ3v) is 5.09. The molecular weight excluding hydrogens is 380 g/mol. The number of aromatic amines is 1. The summed E-state index contributed by atoms with van der Waals surface area (Å²) in [6.07, 6.45) is 1.85. The van der Waals surface area contributed by atoms with Crippen molar-refractivity contribution in [2.24, 2.45) is 0 Å². The van der Waals surface area contributed by atoms with Crippen LogP contribution in [0.25, 0.3) is 10.9 Å². The number of aryl methyl sites for hydroxylation is 2. The number of fused-ring (bicyclic) bond motifs is 1. The van der Waals surface area contributed by atoms with E-state index in [4.69, 9.17) is 16.3 Å². The lowest BCUT2D eigenvalue weighted by Gasteiger charge is -2.20. The van der Waals surface area contributed by atoms with Crippen molar-refractivity contribution in [1.29, 1.82) is 0 Å². The number of hydrogen-bond donors (Lipinski definition) is 2. The maximum atomic E-state index is 12.2. The average molecular weight is 400 g/mol. The molecule has 28 heavy (non-hydrogen) atoms. The summed E-state index contributed by atoms with van der Waals surface area (Å²) in [4.78, 5) is 26.8. The maximum absolute atomic E-state index is 12.2. The Morgan fingerprint density at radius 1 is 1.21 bits per heavy atom. The van der Waals surface area contributed by atoms with Gasteiger partial charge < -0.3 is 24.9 Å². The molecule has 1 heterocycles. The smallest absolute Gasteiger partial charge is 0.258 e. The molecule has 0 aliphatic rings. The van der Waals surface area contributed by atoms with E-state index in [0.29, 0.717) is 10.8 Å². The zero-order valence-electron chi connectivity index (χ0n) is 15.5. The van der Waals surface area contributed by atoms with Crippen molar-refractivity contribution in [2.75, 3.05) is 6.61 Å². The van der Waals surface area contributed by atoms with Gasteiger partial charge in [-0.2, -0.15) is 0 Å². The van der Waals surface area contributed by atoms with Gasteiger partial charge in [-0.25, -0.2) is 0 Å². The van der Waals surface area contributed by atoms with Gasteiger partial charge in [-0.15, -0.1) is 0 Å². The molecule has 0 radical (unpaired) electrons. The average Bonchev–Trinajstić information content (AvgIpc) is 3.06. The number of halogens is 1. The monoisotopic (exact) mass is 399 g/mol. The molecule has 0 saturated heterocycles.